The third kappa shape index (κ3) is 8.30. The van der Waals surface area contributed by atoms with E-state index in [1.54, 1.807) is 7.05 Å². The molecule has 30 heavy (non-hydrogen) atoms. The first-order valence-corrected chi connectivity index (χ1v) is 13.1. The lowest BCUT2D eigenvalue weighted by Crippen LogP contribution is -2.50. The fourth-order valence-corrected chi connectivity index (χ4v) is 5.26. The van der Waals surface area contributed by atoms with Gasteiger partial charge in [0.25, 0.3) is 0 Å². The Morgan fingerprint density at radius 2 is 1.97 bits per heavy atom. The van der Waals surface area contributed by atoms with Gasteiger partial charge in [0, 0.05) is 59.0 Å². The van der Waals surface area contributed by atoms with Crippen LogP contribution in [0.25, 0.3) is 0 Å². The summed E-state index contributed by atoms with van der Waals surface area (Å²) in [6.45, 7) is 6.51. The molecule has 3 aliphatic heterocycles. The average Bonchev–Trinajstić information content (AvgIpc) is 3.27. The second-order valence-corrected chi connectivity index (χ2v) is 10.5. The van der Waals surface area contributed by atoms with Crippen molar-refractivity contribution in [1.29, 1.82) is 0 Å². The summed E-state index contributed by atoms with van der Waals surface area (Å²) < 4.78 is 38.2. The molecule has 3 saturated heterocycles. The highest BCUT2D eigenvalue weighted by Gasteiger charge is 2.24. The normalized spacial score (nSPS) is 27.3. The molecule has 0 aliphatic carbocycles. The zero-order valence-corrected chi connectivity index (χ0v) is 19.1. The Bertz CT molecular complexity index is 625. The van der Waals surface area contributed by atoms with E-state index in [-0.39, 0.29) is 11.9 Å². The van der Waals surface area contributed by atoms with Gasteiger partial charge in [0.2, 0.25) is 10.0 Å². The van der Waals surface area contributed by atoms with Gasteiger partial charge in [-0.05, 0) is 44.4 Å². The van der Waals surface area contributed by atoms with Crippen LogP contribution in [0.5, 0.6) is 0 Å². The minimum atomic E-state index is -3.33. The number of hydrogen-bond acceptors (Lipinski definition) is 6. The summed E-state index contributed by atoms with van der Waals surface area (Å²) in [5, 5.41) is 6.58. The molecular formula is C20H39N5O4S. The van der Waals surface area contributed by atoms with Crippen molar-refractivity contribution in [2.75, 3.05) is 65.3 Å². The monoisotopic (exact) mass is 445 g/mol. The molecule has 3 aliphatic rings. The SMILES string of the molecule is CN=C(NCCS(=O)(=O)NCC1CCCCO1)NC1CCN(CC2CCOC2)CC1. The molecule has 2 unspecified atom stereocenters. The van der Waals surface area contributed by atoms with Gasteiger partial charge in [0.05, 0.1) is 18.5 Å². The summed E-state index contributed by atoms with van der Waals surface area (Å²) in [4.78, 5) is 6.78. The minimum absolute atomic E-state index is 0.00276. The van der Waals surface area contributed by atoms with E-state index in [1.165, 1.54) is 6.42 Å². The number of ether oxygens (including phenoxy) is 2. The van der Waals surface area contributed by atoms with Crippen molar-refractivity contribution in [2.45, 2.75) is 50.7 Å². The molecule has 2 atom stereocenters. The van der Waals surface area contributed by atoms with Gasteiger partial charge >= 0.3 is 0 Å². The third-order valence-electron chi connectivity index (χ3n) is 6.16. The largest absolute Gasteiger partial charge is 0.381 e. The number of hydrogen-bond donors (Lipinski definition) is 3. The Morgan fingerprint density at radius 1 is 1.13 bits per heavy atom. The molecule has 10 heteroatoms. The first kappa shape index (κ1) is 23.7. The molecule has 174 valence electrons. The van der Waals surface area contributed by atoms with E-state index in [4.69, 9.17) is 9.47 Å². The highest BCUT2D eigenvalue weighted by molar-refractivity contribution is 7.89. The predicted molar refractivity (Wildman–Crippen MR) is 118 cm³/mol. The lowest BCUT2D eigenvalue weighted by atomic mass is 10.0. The topological polar surface area (TPSA) is 104 Å². The maximum Gasteiger partial charge on any atom is 0.213 e. The average molecular weight is 446 g/mol. The number of piperidine rings is 1. The van der Waals surface area contributed by atoms with E-state index in [0.29, 0.717) is 31.0 Å². The van der Waals surface area contributed by atoms with E-state index in [9.17, 15) is 8.42 Å². The van der Waals surface area contributed by atoms with Crippen LogP contribution < -0.4 is 15.4 Å². The van der Waals surface area contributed by atoms with Gasteiger partial charge < -0.3 is 25.0 Å². The number of nitrogens with zero attached hydrogens (tertiary/aromatic N) is 2. The number of rotatable bonds is 9. The van der Waals surface area contributed by atoms with Crippen molar-refractivity contribution >= 4 is 16.0 Å². The first-order chi connectivity index (χ1) is 14.5. The summed E-state index contributed by atoms with van der Waals surface area (Å²) in [5.74, 6) is 1.37. The summed E-state index contributed by atoms with van der Waals surface area (Å²) in [5.41, 5.74) is 0. The molecule has 0 aromatic heterocycles. The second-order valence-electron chi connectivity index (χ2n) is 8.60. The lowest BCUT2D eigenvalue weighted by molar-refractivity contribution is 0.0200. The van der Waals surface area contributed by atoms with Crippen LogP contribution >= 0.6 is 0 Å². The minimum Gasteiger partial charge on any atom is -0.381 e. The van der Waals surface area contributed by atoms with Crippen molar-refractivity contribution in [1.82, 2.24) is 20.3 Å². The second kappa shape index (κ2) is 12.2. The van der Waals surface area contributed by atoms with Gasteiger partial charge in [-0.15, -0.1) is 0 Å². The van der Waals surface area contributed by atoms with Crippen molar-refractivity contribution in [3.63, 3.8) is 0 Å². The van der Waals surface area contributed by atoms with Crippen LogP contribution in [0.3, 0.4) is 0 Å². The molecular weight excluding hydrogens is 406 g/mol. The highest BCUT2D eigenvalue weighted by atomic mass is 32.2. The van der Waals surface area contributed by atoms with Gasteiger partial charge in [-0.1, -0.05) is 0 Å². The van der Waals surface area contributed by atoms with Crippen LogP contribution in [-0.4, -0.2) is 96.8 Å². The van der Waals surface area contributed by atoms with Gasteiger partial charge in [0.1, 0.15) is 0 Å². The molecule has 0 saturated carbocycles. The maximum absolute atomic E-state index is 12.2. The van der Waals surface area contributed by atoms with E-state index >= 15 is 0 Å². The summed E-state index contributed by atoms with van der Waals surface area (Å²) in [7, 11) is -1.61. The van der Waals surface area contributed by atoms with Crippen molar-refractivity contribution in [3.8, 4) is 0 Å². The number of guanidine groups is 1. The maximum atomic E-state index is 12.2. The van der Waals surface area contributed by atoms with Gasteiger partial charge in [0.15, 0.2) is 5.96 Å². The zero-order valence-electron chi connectivity index (χ0n) is 18.3. The summed E-state index contributed by atoms with van der Waals surface area (Å²) in [6.07, 6.45) is 6.40. The van der Waals surface area contributed by atoms with E-state index in [1.807, 2.05) is 0 Å². The molecule has 3 heterocycles. The smallest absolute Gasteiger partial charge is 0.213 e. The summed E-state index contributed by atoms with van der Waals surface area (Å²) in [6, 6.07) is 0.366. The molecule has 9 nitrogen and oxygen atoms in total. The van der Waals surface area contributed by atoms with Crippen LogP contribution in [0.2, 0.25) is 0 Å². The first-order valence-electron chi connectivity index (χ1n) is 11.4. The fourth-order valence-electron chi connectivity index (χ4n) is 4.30. The van der Waals surface area contributed by atoms with Gasteiger partial charge in [-0.25, -0.2) is 13.1 Å². The van der Waals surface area contributed by atoms with E-state index in [0.717, 1.165) is 71.6 Å². The Balaban J connectivity index is 1.29. The predicted octanol–water partition coefficient (Wildman–Crippen LogP) is 0.141. The number of aliphatic imine (C=N–C) groups is 1. The molecule has 0 aromatic carbocycles. The Kier molecular flexibility index (Phi) is 9.64. The molecule has 0 amide bonds. The van der Waals surface area contributed by atoms with Crippen molar-refractivity contribution in [2.24, 2.45) is 10.9 Å². The molecule has 0 aromatic rings. The Hall–Kier alpha value is -0.940. The van der Waals surface area contributed by atoms with Crippen LogP contribution in [0.4, 0.5) is 0 Å². The molecule has 0 spiro atoms. The van der Waals surface area contributed by atoms with Crippen LogP contribution in [0, 0.1) is 5.92 Å². The Labute approximate surface area is 181 Å². The number of sulfonamides is 1. The molecule has 0 radical (unpaired) electrons. The fraction of sp³-hybridized carbons (Fsp3) is 0.950. The van der Waals surface area contributed by atoms with E-state index < -0.39 is 10.0 Å². The molecule has 3 rings (SSSR count). The van der Waals surface area contributed by atoms with Gasteiger partial charge in [-0.2, -0.15) is 0 Å². The zero-order chi connectivity index (χ0) is 21.2. The third-order valence-corrected chi connectivity index (χ3v) is 7.51. The summed E-state index contributed by atoms with van der Waals surface area (Å²) >= 11 is 0. The number of nitrogens with one attached hydrogen (secondary N) is 3. The van der Waals surface area contributed by atoms with Gasteiger partial charge in [-0.3, -0.25) is 4.99 Å². The number of likely N-dealkylation sites (tertiary alicyclic amines) is 1. The molecule has 3 fully saturated rings. The van der Waals surface area contributed by atoms with Crippen LogP contribution in [-0.2, 0) is 19.5 Å². The highest BCUT2D eigenvalue weighted by Crippen LogP contribution is 2.17. The molecule has 0 bridgehead atoms. The lowest BCUT2D eigenvalue weighted by Gasteiger charge is -2.34. The van der Waals surface area contributed by atoms with Crippen molar-refractivity contribution in [3.05, 3.63) is 0 Å². The van der Waals surface area contributed by atoms with E-state index in [2.05, 4.69) is 25.2 Å². The quantitative estimate of drug-likeness (QED) is 0.343. The molecule has 3 N–H and O–H groups in total. The standard InChI is InChI=1S/C20H39N5O4S/c1-21-20(22-8-13-30(26,27)23-14-19-4-2-3-11-29-19)24-18-5-9-25(10-6-18)15-17-7-12-28-16-17/h17-19,23H,2-16H2,1H3,(H2,21,22,24). The Morgan fingerprint density at radius 3 is 2.63 bits per heavy atom. The van der Waals surface area contributed by atoms with Crippen LogP contribution in [0.1, 0.15) is 38.5 Å². The van der Waals surface area contributed by atoms with Crippen molar-refractivity contribution < 1.29 is 17.9 Å². The van der Waals surface area contributed by atoms with Crippen LogP contribution in [0.15, 0.2) is 4.99 Å².